The van der Waals surface area contributed by atoms with Crippen LogP contribution in [0.1, 0.15) is 38.5 Å². The standard InChI is InChI=1S/C14H24N2O3/c1-15-13(18)8-10-6-7-16(9-10)14(19)11-2-4-12(17)5-3-11/h10-12,17H,2-9H2,1H3,(H,15,18)/t10-,11?,12?/m1/s1. The Kier molecular flexibility index (Phi) is 4.80. The first-order valence-electron chi connectivity index (χ1n) is 7.27. The number of nitrogens with one attached hydrogen (secondary N) is 1. The molecular formula is C14H24N2O3. The molecule has 1 saturated heterocycles. The molecule has 0 aromatic heterocycles. The van der Waals surface area contributed by atoms with E-state index in [0.717, 1.165) is 38.6 Å². The molecule has 1 atom stereocenters. The van der Waals surface area contributed by atoms with Gasteiger partial charge >= 0.3 is 0 Å². The van der Waals surface area contributed by atoms with Crippen molar-refractivity contribution >= 4 is 11.8 Å². The zero-order valence-corrected chi connectivity index (χ0v) is 11.6. The molecule has 2 fully saturated rings. The first-order chi connectivity index (χ1) is 9.10. The Labute approximate surface area is 114 Å². The first-order valence-corrected chi connectivity index (χ1v) is 7.27. The molecule has 19 heavy (non-hydrogen) atoms. The molecule has 2 rings (SSSR count). The van der Waals surface area contributed by atoms with Crippen LogP contribution in [-0.4, -0.2) is 48.1 Å². The number of nitrogens with zero attached hydrogens (tertiary/aromatic N) is 1. The van der Waals surface area contributed by atoms with Crippen LogP contribution in [-0.2, 0) is 9.59 Å². The van der Waals surface area contributed by atoms with Gasteiger partial charge in [-0.1, -0.05) is 0 Å². The fourth-order valence-corrected chi connectivity index (χ4v) is 3.14. The molecule has 2 amide bonds. The molecule has 5 heteroatoms. The minimum atomic E-state index is -0.219. The van der Waals surface area contributed by atoms with E-state index < -0.39 is 0 Å². The topological polar surface area (TPSA) is 69.6 Å². The summed E-state index contributed by atoms with van der Waals surface area (Å²) in [5.74, 6) is 0.673. The summed E-state index contributed by atoms with van der Waals surface area (Å²) in [4.78, 5) is 25.6. The molecule has 1 heterocycles. The number of aliphatic hydroxyl groups excluding tert-OH is 1. The van der Waals surface area contributed by atoms with Crippen LogP contribution in [0.3, 0.4) is 0 Å². The van der Waals surface area contributed by atoms with E-state index in [-0.39, 0.29) is 23.8 Å². The van der Waals surface area contributed by atoms with Crippen molar-refractivity contribution in [3.8, 4) is 0 Å². The highest BCUT2D eigenvalue weighted by atomic mass is 16.3. The van der Waals surface area contributed by atoms with Gasteiger partial charge in [0.1, 0.15) is 0 Å². The molecule has 0 aromatic rings. The molecule has 0 radical (unpaired) electrons. The van der Waals surface area contributed by atoms with E-state index in [2.05, 4.69) is 5.32 Å². The summed E-state index contributed by atoms with van der Waals surface area (Å²) in [6.07, 6.45) is 4.31. The molecule has 0 spiro atoms. The van der Waals surface area contributed by atoms with Crippen LogP contribution in [0.25, 0.3) is 0 Å². The second kappa shape index (κ2) is 6.37. The van der Waals surface area contributed by atoms with Crippen molar-refractivity contribution < 1.29 is 14.7 Å². The van der Waals surface area contributed by atoms with Gasteiger partial charge in [0.2, 0.25) is 11.8 Å². The van der Waals surface area contributed by atoms with Gasteiger partial charge in [-0.3, -0.25) is 9.59 Å². The summed E-state index contributed by atoms with van der Waals surface area (Å²) in [6, 6.07) is 0. The molecule has 0 aromatic carbocycles. The normalized spacial score (nSPS) is 31.3. The predicted octanol–water partition coefficient (Wildman–Crippen LogP) is 0.522. The largest absolute Gasteiger partial charge is 0.393 e. The van der Waals surface area contributed by atoms with Crippen molar-refractivity contribution in [1.82, 2.24) is 10.2 Å². The molecule has 0 bridgehead atoms. The molecule has 108 valence electrons. The fraction of sp³-hybridized carbons (Fsp3) is 0.857. The summed E-state index contributed by atoms with van der Waals surface area (Å²) >= 11 is 0. The quantitative estimate of drug-likeness (QED) is 0.784. The lowest BCUT2D eigenvalue weighted by Gasteiger charge is -2.28. The van der Waals surface area contributed by atoms with Gasteiger partial charge in [-0.15, -0.1) is 0 Å². The average Bonchev–Trinajstić information content (AvgIpc) is 2.87. The van der Waals surface area contributed by atoms with Crippen LogP contribution in [0.4, 0.5) is 0 Å². The van der Waals surface area contributed by atoms with E-state index >= 15 is 0 Å². The van der Waals surface area contributed by atoms with Crippen LogP contribution in [0.2, 0.25) is 0 Å². The van der Waals surface area contributed by atoms with Crippen molar-refractivity contribution in [2.75, 3.05) is 20.1 Å². The highest BCUT2D eigenvalue weighted by Crippen LogP contribution is 2.28. The van der Waals surface area contributed by atoms with E-state index in [1.54, 1.807) is 7.05 Å². The highest BCUT2D eigenvalue weighted by Gasteiger charge is 2.33. The van der Waals surface area contributed by atoms with Crippen molar-refractivity contribution in [2.45, 2.75) is 44.6 Å². The van der Waals surface area contributed by atoms with E-state index in [9.17, 15) is 14.7 Å². The average molecular weight is 268 g/mol. The SMILES string of the molecule is CNC(=O)C[C@H]1CCN(C(=O)C2CCC(O)CC2)C1. The number of likely N-dealkylation sites (tertiary alicyclic amines) is 1. The zero-order chi connectivity index (χ0) is 13.8. The maximum atomic E-state index is 12.4. The predicted molar refractivity (Wildman–Crippen MR) is 71.3 cm³/mol. The van der Waals surface area contributed by atoms with Crippen molar-refractivity contribution in [1.29, 1.82) is 0 Å². The first kappa shape index (κ1) is 14.3. The minimum absolute atomic E-state index is 0.0556. The molecule has 5 nitrogen and oxygen atoms in total. The Hall–Kier alpha value is -1.10. The van der Waals surface area contributed by atoms with Crippen LogP contribution in [0.15, 0.2) is 0 Å². The monoisotopic (exact) mass is 268 g/mol. The molecule has 1 saturated carbocycles. The van der Waals surface area contributed by atoms with Gasteiger partial charge in [0.25, 0.3) is 0 Å². The third-order valence-electron chi connectivity index (χ3n) is 4.40. The van der Waals surface area contributed by atoms with Gasteiger partial charge in [-0.25, -0.2) is 0 Å². The third-order valence-corrected chi connectivity index (χ3v) is 4.40. The number of aliphatic hydroxyl groups is 1. The third kappa shape index (κ3) is 3.69. The summed E-state index contributed by atoms with van der Waals surface area (Å²) in [5.41, 5.74) is 0. The van der Waals surface area contributed by atoms with Gasteiger partial charge in [-0.05, 0) is 38.0 Å². The molecule has 0 unspecified atom stereocenters. The smallest absolute Gasteiger partial charge is 0.225 e. The Bertz CT molecular complexity index is 338. The Balaban J connectivity index is 1.80. The number of hydrogen-bond acceptors (Lipinski definition) is 3. The van der Waals surface area contributed by atoms with Crippen LogP contribution >= 0.6 is 0 Å². The number of rotatable bonds is 3. The second-order valence-corrected chi connectivity index (χ2v) is 5.82. The highest BCUT2D eigenvalue weighted by molar-refractivity contribution is 5.79. The van der Waals surface area contributed by atoms with Gasteiger partial charge < -0.3 is 15.3 Å². The van der Waals surface area contributed by atoms with E-state index in [1.165, 1.54) is 0 Å². The number of hydrogen-bond donors (Lipinski definition) is 2. The lowest BCUT2D eigenvalue weighted by atomic mass is 9.86. The number of amides is 2. The number of carbonyl (C=O) groups excluding carboxylic acids is 2. The maximum absolute atomic E-state index is 12.4. The molecule has 2 aliphatic rings. The molecule has 1 aliphatic heterocycles. The summed E-state index contributed by atoms with van der Waals surface area (Å²) in [6.45, 7) is 1.49. The number of carbonyl (C=O) groups is 2. The molecule has 1 aliphatic carbocycles. The summed E-state index contributed by atoms with van der Waals surface area (Å²) < 4.78 is 0. The lowest BCUT2D eigenvalue weighted by Crippen LogP contribution is -2.37. The second-order valence-electron chi connectivity index (χ2n) is 5.82. The van der Waals surface area contributed by atoms with Crippen LogP contribution in [0.5, 0.6) is 0 Å². The Morgan fingerprint density at radius 1 is 1.21 bits per heavy atom. The Morgan fingerprint density at radius 2 is 1.89 bits per heavy atom. The summed E-state index contributed by atoms with van der Waals surface area (Å²) in [5, 5.41) is 12.1. The zero-order valence-electron chi connectivity index (χ0n) is 11.6. The van der Waals surface area contributed by atoms with E-state index in [4.69, 9.17) is 0 Å². The van der Waals surface area contributed by atoms with Gasteiger partial charge in [0, 0.05) is 32.5 Å². The minimum Gasteiger partial charge on any atom is -0.393 e. The van der Waals surface area contributed by atoms with Crippen LogP contribution in [0, 0.1) is 11.8 Å². The maximum Gasteiger partial charge on any atom is 0.225 e. The van der Waals surface area contributed by atoms with Crippen molar-refractivity contribution in [2.24, 2.45) is 11.8 Å². The van der Waals surface area contributed by atoms with Crippen molar-refractivity contribution in [3.05, 3.63) is 0 Å². The summed E-state index contributed by atoms with van der Waals surface area (Å²) in [7, 11) is 1.65. The van der Waals surface area contributed by atoms with E-state index in [0.29, 0.717) is 18.9 Å². The van der Waals surface area contributed by atoms with Crippen molar-refractivity contribution in [3.63, 3.8) is 0 Å². The van der Waals surface area contributed by atoms with Gasteiger partial charge in [0.05, 0.1) is 6.10 Å². The van der Waals surface area contributed by atoms with Gasteiger partial charge in [-0.2, -0.15) is 0 Å². The molecular weight excluding hydrogens is 244 g/mol. The lowest BCUT2D eigenvalue weighted by molar-refractivity contribution is -0.136. The van der Waals surface area contributed by atoms with Gasteiger partial charge in [0.15, 0.2) is 0 Å². The van der Waals surface area contributed by atoms with Crippen LogP contribution < -0.4 is 5.32 Å². The molecule has 2 N–H and O–H groups in total. The van der Waals surface area contributed by atoms with E-state index in [1.807, 2.05) is 4.90 Å². The fourth-order valence-electron chi connectivity index (χ4n) is 3.14. The Morgan fingerprint density at radius 3 is 2.53 bits per heavy atom.